The first-order valence-electron chi connectivity index (χ1n) is 8.76. The van der Waals surface area contributed by atoms with Crippen molar-refractivity contribution in [2.75, 3.05) is 13.6 Å². The molecule has 0 spiro atoms. The molecule has 0 unspecified atom stereocenters. The Hall–Kier alpha value is -2.71. The molecule has 2 aromatic carbocycles. The zero-order chi connectivity index (χ0) is 20.9. The molecule has 2 aromatic rings. The highest BCUT2D eigenvalue weighted by Crippen LogP contribution is 2.14. The fourth-order valence-electron chi connectivity index (χ4n) is 2.50. The number of hydrogen-bond acceptors (Lipinski definition) is 4. The summed E-state index contributed by atoms with van der Waals surface area (Å²) in [7, 11) is -2.48. The molecule has 0 aliphatic rings. The van der Waals surface area contributed by atoms with E-state index in [4.69, 9.17) is 0 Å². The molecule has 0 fully saturated rings. The lowest BCUT2D eigenvalue weighted by Crippen LogP contribution is -2.47. The Labute approximate surface area is 165 Å². The maximum Gasteiger partial charge on any atom is 0.253 e. The zero-order valence-electron chi connectivity index (χ0n) is 16.4. The average Bonchev–Trinajstić information content (AvgIpc) is 2.63. The van der Waals surface area contributed by atoms with Gasteiger partial charge in [-0.2, -0.15) is 4.31 Å². The van der Waals surface area contributed by atoms with Gasteiger partial charge in [-0.25, -0.2) is 8.42 Å². The molecule has 28 heavy (non-hydrogen) atoms. The van der Waals surface area contributed by atoms with Crippen LogP contribution in [0.5, 0.6) is 0 Å². The highest BCUT2D eigenvalue weighted by atomic mass is 32.2. The van der Waals surface area contributed by atoms with Crippen molar-refractivity contribution in [3.05, 3.63) is 64.7 Å². The lowest BCUT2D eigenvalue weighted by molar-refractivity contribution is -0.128. The number of sulfonamides is 1. The van der Waals surface area contributed by atoms with Crippen molar-refractivity contribution in [3.8, 4) is 0 Å². The SMILES string of the molecule is Cc1ccc(S(=O)(=O)N(C)CC(=O)NNC(=O)Cc2ccc(C)c(C)c2)cc1. The van der Waals surface area contributed by atoms with Crippen LogP contribution in [-0.2, 0) is 26.0 Å². The lowest BCUT2D eigenvalue weighted by Gasteiger charge is -2.17. The van der Waals surface area contributed by atoms with Gasteiger partial charge in [-0.3, -0.25) is 20.4 Å². The number of hydrogen-bond donors (Lipinski definition) is 2. The molecule has 150 valence electrons. The second-order valence-corrected chi connectivity index (χ2v) is 8.81. The van der Waals surface area contributed by atoms with E-state index in [1.54, 1.807) is 12.1 Å². The second kappa shape index (κ2) is 8.99. The average molecular weight is 404 g/mol. The minimum atomic E-state index is -3.79. The summed E-state index contributed by atoms with van der Waals surface area (Å²) in [6, 6.07) is 12.1. The molecule has 7 nitrogen and oxygen atoms in total. The molecule has 0 saturated heterocycles. The van der Waals surface area contributed by atoms with Crippen LogP contribution in [0, 0.1) is 20.8 Å². The van der Waals surface area contributed by atoms with E-state index in [-0.39, 0.29) is 17.2 Å². The van der Waals surface area contributed by atoms with Gasteiger partial charge in [0.1, 0.15) is 0 Å². The molecule has 0 saturated carbocycles. The number of benzene rings is 2. The zero-order valence-corrected chi connectivity index (χ0v) is 17.3. The minimum Gasteiger partial charge on any atom is -0.273 e. The number of likely N-dealkylation sites (N-methyl/N-ethyl adjacent to an activating group) is 1. The van der Waals surface area contributed by atoms with E-state index >= 15 is 0 Å². The van der Waals surface area contributed by atoms with E-state index in [1.807, 2.05) is 39.0 Å². The van der Waals surface area contributed by atoms with E-state index < -0.39 is 22.5 Å². The number of rotatable bonds is 6. The monoisotopic (exact) mass is 403 g/mol. The van der Waals surface area contributed by atoms with Crippen molar-refractivity contribution in [1.82, 2.24) is 15.2 Å². The summed E-state index contributed by atoms with van der Waals surface area (Å²) in [5.41, 5.74) is 8.54. The molecule has 2 rings (SSSR count). The van der Waals surface area contributed by atoms with Gasteiger partial charge < -0.3 is 0 Å². The topological polar surface area (TPSA) is 95.6 Å². The van der Waals surface area contributed by atoms with E-state index in [0.717, 1.165) is 26.6 Å². The third-order valence-electron chi connectivity index (χ3n) is 4.37. The Bertz CT molecular complexity index is 969. The van der Waals surface area contributed by atoms with Crippen LogP contribution >= 0.6 is 0 Å². The van der Waals surface area contributed by atoms with Gasteiger partial charge in [0.2, 0.25) is 15.9 Å². The number of carbonyl (C=O) groups excluding carboxylic acids is 2. The molecule has 0 aromatic heterocycles. The first-order chi connectivity index (χ1) is 13.1. The van der Waals surface area contributed by atoms with Crippen molar-refractivity contribution in [1.29, 1.82) is 0 Å². The van der Waals surface area contributed by atoms with E-state index in [0.29, 0.717) is 0 Å². The van der Waals surface area contributed by atoms with Gasteiger partial charge >= 0.3 is 0 Å². The number of amides is 2. The fraction of sp³-hybridized carbons (Fsp3) is 0.300. The Morgan fingerprint density at radius 2 is 1.50 bits per heavy atom. The Morgan fingerprint density at radius 1 is 0.893 bits per heavy atom. The third-order valence-corrected chi connectivity index (χ3v) is 6.19. The van der Waals surface area contributed by atoms with Gasteiger partial charge in [0, 0.05) is 7.05 Å². The fourth-order valence-corrected chi connectivity index (χ4v) is 3.63. The van der Waals surface area contributed by atoms with Crippen molar-refractivity contribution < 1.29 is 18.0 Å². The third kappa shape index (κ3) is 5.64. The van der Waals surface area contributed by atoms with Gasteiger partial charge in [-0.1, -0.05) is 35.9 Å². The molecule has 2 N–H and O–H groups in total. The molecule has 0 aliphatic heterocycles. The first kappa shape index (κ1) is 21.6. The molecule has 0 bridgehead atoms. The minimum absolute atomic E-state index is 0.104. The number of aryl methyl sites for hydroxylation is 3. The molecule has 0 heterocycles. The quantitative estimate of drug-likeness (QED) is 0.717. The van der Waals surface area contributed by atoms with Crippen LogP contribution in [0.1, 0.15) is 22.3 Å². The number of carbonyl (C=O) groups is 2. The molecule has 0 aliphatic carbocycles. The van der Waals surface area contributed by atoms with Crippen LogP contribution in [0.2, 0.25) is 0 Å². The normalized spacial score (nSPS) is 11.3. The summed E-state index contributed by atoms with van der Waals surface area (Å²) in [5.74, 6) is -1.02. The van der Waals surface area contributed by atoms with Crippen molar-refractivity contribution in [2.24, 2.45) is 0 Å². The highest BCUT2D eigenvalue weighted by Gasteiger charge is 2.23. The van der Waals surface area contributed by atoms with Crippen LogP contribution in [0.25, 0.3) is 0 Å². The van der Waals surface area contributed by atoms with Gasteiger partial charge in [-0.15, -0.1) is 0 Å². The summed E-state index contributed by atoms with van der Waals surface area (Å²) < 4.78 is 25.9. The van der Waals surface area contributed by atoms with E-state index in [1.165, 1.54) is 19.2 Å². The smallest absolute Gasteiger partial charge is 0.253 e. The Balaban J connectivity index is 1.88. The van der Waals surface area contributed by atoms with Crippen LogP contribution in [0.3, 0.4) is 0 Å². The number of nitrogens with one attached hydrogen (secondary N) is 2. The first-order valence-corrected chi connectivity index (χ1v) is 10.2. The standard InChI is InChI=1S/C20H25N3O4S/c1-14-5-9-18(10-6-14)28(26,27)23(4)13-20(25)22-21-19(24)12-17-8-7-15(2)16(3)11-17/h5-11H,12-13H2,1-4H3,(H,21,24)(H,22,25). The maximum absolute atomic E-state index is 12.5. The van der Waals surface area contributed by atoms with Crippen molar-refractivity contribution in [3.63, 3.8) is 0 Å². The second-order valence-electron chi connectivity index (χ2n) is 6.77. The molecule has 8 heteroatoms. The predicted octanol–water partition coefficient (Wildman–Crippen LogP) is 1.62. The predicted molar refractivity (Wildman–Crippen MR) is 107 cm³/mol. The van der Waals surface area contributed by atoms with Crippen LogP contribution in [-0.4, -0.2) is 38.1 Å². The van der Waals surface area contributed by atoms with Gasteiger partial charge in [0.15, 0.2) is 0 Å². The van der Waals surface area contributed by atoms with Gasteiger partial charge in [0.25, 0.3) is 5.91 Å². The van der Waals surface area contributed by atoms with Gasteiger partial charge in [0.05, 0.1) is 17.9 Å². The maximum atomic E-state index is 12.5. The summed E-state index contributed by atoms with van der Waals surface area (Å²) in [6.07, 6.45) is 0.110. The Morgan fingerprint density at radius 3 is 2.11 bits per heavy atom. The lowest BCUT2D eigenvalue weighted by atomic mass is 10.0. The van der Waals surface area contributed by atoms with Crippen LogP contribution in [0.4, 0.5) is 0 Å². The van der Waals surface area contributed by atoms with Gasteiger partial charge in [-0.05, 0) is 49.6 Å². The summed E-state index contributed by atoms with van der Waals surface area (Å²) in [4.78, 5) is 24.1. The van der Waals surface area contributed by atoms with Crippen LogP contribution in [0.15, 0.2) is 47.4 Å². The molecule has 0 atom stereocenters. The van der Waals surface area contributed by atoms with E-state index in [2.05, 4.69) is 10.9 Å². The molecular weight excluding hydrogens is 378 g/mol. The molecule has 2 amide bonds. The molecular formula is C20H25N3O4S. The largest absolute Gasteiger partial charge is 0.273 e. The van der Waals surface area contributed by atoms with Crippen molar-refractivity contribution >= 4 is 21.8 Å². The summed E-state index contributed by atoms with van der Waals surface area (Å²) in [6.45, 7) is 5.39. The summed E-state index contributed by atoms with van der Waals surface area (Å²) >= 11 is 0. The highest BCUT2D eigenvalue weighted by molar-refractivity contribution is 7.89. The van der Waals surface area contributed by atoms with Crippen LogP contribution < -0.4 is 10.9 Å². The van der Waals surface area contributed by atoms with Crippen molar-refractivity contribution in [2.45, 2.75) is 32.1 Å². The Kier molecular flexibility index (Phi) is 6.93. The summed E-state index contributed by atoms with van der Waals surface area (Å²) in [5, 5.41) is 0. The molecule has 0 radical (unpaired) electrons. The number of nitrogens with zero attached hydrogens (tertiary/aromatic N) is 1. The van der Waals surface area contributed by atoms with E-state index in [9.17, 15) is 18.0 Å². The number of hydrazine groups is 1.